The zero-order valence-corrected chi connectivity index (χ0v) is 22.8. The summed E-state index contributed by atoms with van der Waals surface area (Å²) in [5, 5.41) is 6.20. The number of hydrogen-bond donors (Lipinski definition) is 0. The molecule has 0 aromatic carbocycles. The fraction of sp³-hybridized carbons (Fsp3) is 0.455. The van der Waals surface area contributed by atoms with Crippen molar-refractivity contribution in [3.05, 3.63) is 53.4 Å². The molecule has 12 heteroatoms. The Morgan fingerprint density at radius 2 is 2.29 bits per heavy atom. The molecule has 3 aromatic heterocycles. The Hall–Kier alpha value is -1.88. The van der Waals surface area contributed by atoms with Crippen molar-refractivity contribution in [2.24, 2.45) is 5.11 Å². The first-order chi connectivity index (χ1) is 16.2. The molecule has 1 aliphatic heterocycles. The van der Waals surface area contributed by atoms with Gasteiger partial charge in [-0.2, -0.15) is 0 Å². The third-order valence-corrected chi connectivity index (χ3v) is 8.67. The summed E-state index contributed by atoms with van der Waals surface area (Å²) in [7, 11) is 0. The number of hydrogen-bond acceptors (Lipinski definition) is 7. The average Bonchev–Trinajstić information content (AvgIpc) is 3.39. The Labute approximate surface area is 218 Å². The summed E-state index contributed by atoms with van der Waals surface area (Å²) in [4.78, 5) is 24.5. The van der Waals surface area contributed by atoms with Crippen LogP contribution in [0, 0.1) is 0 Å². The molecule has 0 saturated carbocycles. The quantitative estimate of drug-likeness (QED) is 0.132. The lowest BCUT2D eigenvalue weighted by atomic mass is 9.94. The summed E-state index contributed by atoms with van der Waals surface area (Å²) >= 11 is 13.2. The zero-order chi connectivity index (χ0) is 24.5. The smallest absolute Gasteiger partial charge is 0.415 e. The maximum absolute atomic E-state index is 13.3. The number of azide groups is 1. The number of carbonyl (C=O) groups excluding carboxylic acids is 1. The topological polar surface area (TPSA) is 100 Å². The highest BCUT2D eigenvalue weighted by Crippen LogP contribution is 2.47. The minimum atomic E-state index is -0.660. The van der Waals surface area contributed by atoms with E-state index in [9.17, 15) is 4.79 Å². The van der Waals surface area contributed by atoms with Crippen molar-refractivity contribution in [2.45, 2.75) is 51.3 Å². The van der Waals surface area contributed by atoms with Crippen molar-refractivity contribution in [1.29, 1.82) is 0 Å². The molecule has 0 spiro atoms. The van der Waals surface area contributed by atoms with Gasteiger partial charge in [0.25, 0.3) is 0 Å². The van der Waals surface area contributed by atoms with Crippen molar-refractivity contribution in [3.63, 3.8) is 0 Å². The Bertz CT molecular complexity index is 1240. The van der Waals surface area contributed by atoms with Gasteiger partial charge in [0.15, 0.2) is 0 Å². The van der Waals surface area contributed by atoms with Crippen molar-refractivity contribution in [3.8, 4) is 0 Å². The van der Waals surface area contributed by atoms with Gasteiger partial charge in [0.2, 0.25) is 0 Å². The molecule has 1 amide bonds. The van der Waals surface area contributed by atoms with E-state index in [-0.39, 0.29) is 17.1 Å². The van der Waals surface area contributed by atoms with Crippen molar-refractivity contribution in [2.75, 3.05) is 18.1 Å². The molecule has 0 unspecified atom stereocenters. The van der Waals surface area contributed by atoms with Gasteiger partial charge in [0.05, 0.1) is 39.6 Å². The second-order valence-electron chi connectivity index (χ2n) is 8.81. The molecule has 1 saturated heterocycles. The molecule has 0 radical (unpaired) electrons. The largest absolute Gasteiger partial charge is 0.443 e. The maximum Gasteiger partial charge on any atom is 0.415 e. The fourth-order valence-corrected chi connectivity index (χ4v) is 6.97. The third kappa shape index (κ3) is 5.50. The van der Waals surface area contributed by atoms with Crippen LogP contribution in [0.5, 0.6) is 0 Å². The number of halogens is 2. The van der Waals surface area contributed by atoms with Gasteiger partial charge in [0.1, 0.15) is 10.8 Å². The molecule has 34 heavy (non-hydrogen) atoms. The summed E-state index contributed by atoms with van der Waals surface area (Å²) in [6, 6.07) is 5.30. The molecule has 1 aliphatic rings. The first-order valence-corrected chi connectivity index (χ1v) is 13.5. The van der Waals surface area contributed by atoms with Gasteiger partial charge < -0.3 is 9.47 Å². The predicted molar refractivity (Wildman–Crippen MR) is 140 cm³/mol. The van der Waals surface area contributed by atoms with E-state index in [0.717, 1.165) is 18.9 Å². The van der Waals surface area contributed by atoms with Crippen LogP contribution < -0.4 is 4.90 Å². The minimum Gasteiger partial charge on any atom is -0.443 e. The van der Waals surface area contributed by atoms with E-state index in [1.54, 1.807) is 22.3 Å². The molecule has 3 aromatic rings. The van der Waals surface area contributed by atoms with Crippen molar-refractivity contribution < 1.29 is 14.3 Å². The summed E-state index contributed by atoms with van der Waals surface area (Å²) in [6.07, 6.45) is 0.247. The lowest BCUT2D eigenvalue weighted by Gasteiger charge is -2.28. The monoisotopic (exact) mass is 583 g/mol. The number of thiophene rings is 2. The van der Waals surface area contributed by atoms with E-state index in [0.29, 0.717) is 37.4 Å². The van der Waals surface area contributed by atoms with Crippen molar-refractivity contribution >= 4 is 72.2 Å². The molecule has 2 atom stereocenters. The molecule has 0 aliphatic carbocycles. The van der Waals surface area contributed by atoms with E-state index in [1.165, 1.54) is 11.3 Å². The summed E-state index contributed by atoms with van der Waals surface area (Å²) in [6.45, 7) is 6.79. The van der Waals surface area contributed by atoms with E-state index in [2.05, 4.69) is 30.9 Å². The van der Waals surface area contributed by atoms with Crippen LogP contribution >= 0.6 is 50.2 Å². The van der Waals surface area contributed by atoms with Crippen LogP contribution in [0.1, 0.15) is 42.9 Å². The van der Waals surface area contributed by atoms with Crippen LogP contribution in [0.15, 0.2) is 33.2 Å². The maximum atomic E-state index is 13.3. The highest BCUT2D eigenvalue weighted by Gasteiger charge is 2.33. The van der Waals surface area contributed by atoms with E-state index in [1.807, 2.05) is 38.3 Å². The number of nitrogens with zero attached hydrogens (tertiary/aromatic N) is 5. The Balaban J connectivity index is 1.84. The second-order valence-corrected chi connectivity index (χ2v) is 12.1. The molecule has 1 fully saturated rings. The highest BCUT2D eigenvalue weighted by molar-refractivity contribution is 9.10. The highest BCUT2D eigenvalue weighted by atomic mass is 79.9. The number of rotatable bonds is 5. The SMILES string of the molecule is CC(C)(C)OC(=O)N(Cc1cccs1)c1cc(Cl)nc2c(Br)c([C@H]3CCOC[C@H]3N=[N+]=[N-])sc12. The molecule has 180 valence electrons. The van der Waals surface area contributed by atoms with Crippen LogP contribution in [0.2, 0.25) is 5.15 Å². The van der Waals surface area contributed by atoms with Gasteiger partial charge in [-0.1, -0.05) is 22.8 Å². The molecular weight excluding hydrogens is 562 g/mol. The van der Waals surface area contributed by atoms with Gasteiger partial charge in [-0.05, 0) is 60.1 Å². The van der Waals surface area contributed by atoms with Crippen LogP contribution in [0.25, 0.3) is 20.7 Å². The van der Waals surface area contributed by atoms with Crippen LogP contribution in [0.3, 0.4) is 0 Å². The lowest BCUT2D eigenvalue weighted by molar-refractivity contribution is 0.0578. The average molecular weight is 585 g/mol. The molecule has 0 bridgehead atoms. The van der Waals surface area contributed by atoms with Crippen LogP contribution in [-0.2, 0) is 16.0 Å². The number of ether oxygens (including phenoxy) is 2. The number of carbonyl (C=O) groups is 1. The van der Waals surface area contributed by atoms with E-state index < -0.39 is 11.7 Å². The van der Waals surface area contributed by atoms with E-state index in [4.69, 9.17) is 26.6 Å². The number of anilines is 1. The zero-order valence-electron chi connectivity index (χ0n) is 18.8. The second kappa shape index (κ2) is 10.4. The van der Waals surface area contributed by atoms with Crippen molar-refractivity contribution in [1.82, 2.24) is 4.98 Å². The Morgan fingerprint density at radius 3 is 2.97 bits per heavy atom. The van der Waals surface area contributed by atoms with Gasteiger partial charge >= 0.3 is 6.09 Å². The number of fused-ring (bicyclic) bond motifs is 1. The first-order valence-electron chi connectivity index (χ1n) is 10.6. The third-order valence-electron chi connectivity index (χ3n) is 5.22. The minimum absolute atomic E-state index is 0.0304. The fourth-order valence-electron chi connectivity index (χ4n) is 3.78. The molecule has 8 nitrogen and oxygen atoms in total. The standard InChI is InChI=1S/C22H23BrClN5O3S2/c1-22(2,3)32-21(30)29(10-12-5-4-8-33-12)15-9-16(24)26-18-17(23)19(34-20(15)18)13-6-7-31-11-14(13)27-28-25/h4-5,8-9,13-14H,6-7,10-11H2,1-3H3/t13-,14+/m0/s1. The number of amides is 1. The molecule has 4 rings (SSSR count). The van der Waals surface area contributed by atoms with Crippen LogP contribution in [0.4, 0.5) is 10.5 Å². The molecule has 4 heterocycles. The predicted octanol–water partition coefficient (Wildman–Crippen LogP) is 7.90. The molecular formula is C22H23BrClN5O3S2. The number of pyridine rings is 1. The van der Waals surface area contributed by atoms with Gasteiger partial charge in [-0.3, -0.25) is 4.90 Å². The summed E-state index contributed by atoms with van der Waals surface area (Å²) in [5.74, 6) is -0.0304. The van der Waals surface area contributed by atoms with Gasteiger partial charge in [-0.25, -0.2) is 9.78 Å². The lowest BCUT2D eigenvalue weighted by Crippen LogP contribution is -2.36. The van der Waals surface area contributed by atoms with Gasteiger partial charge in [-0.15, -0.1) is 22.7 Å². The Morgan fingerprint density at radius 1 is 1.50 bits per heavy atom. The van der Waals surface area contributed by atoms with Crippen LogP contribution in [-0.4, -0.2) is 35.9 Å². The Kier molecular flexibility index (Phi) is 7.71. The van der Waals surface area contributed by atoms with Gasteiger partial charge in [0, 0.05) is 33.3 Å². The normalized spacial score (nSPS) is 18.5. The summed E-state index contributed by atoms with van der Waals surface area (Å²) < 4.78 is 12.9. The van der Waals surface area contributed by atoms with E-state index >= 15 is 0 Å². The first kappa shape index (κ1) is 25.2. The number of aromatic nitrogens is 1. The summed E-state index contributed by atoms with van der Waals surface area (Å²) in [5.41, 5.74) is 9.66. The molecule has 0 N–H and O–H groups in total.